The summed E-state index contributed by atoms with van der Waals surface area (Å²) in [5, 5.41) is 8.31. The molecule has 0 unspecified atom stereocenters. The molecule has 1 aromatic heterocycles. The van der Waals surface area contributed by atoms with E-state index in [-0.39, 0.29) is 17.2 Å². The van der Waals surface area contributed by atoms with E-state index in [1.54, 1.807) is 7.11 Å². The summed E-state index contributed by atoms with van der Waals surface area (Å²) in [6.07, 6.45) is 1.32. The standard InChI is InChI=1S/C25H26N4O2/c1-15-7-5-6-8-18(15)23-27-24-26-19-13-25(2,3)14-20(30)21(19)22(29(24)28-23)16-9-11-17(31-4)12-10-16/h5-12,22H,13-14H2,1-4H3,(H,26,27,28)/t22-/m0/s1. The van der Waals surface area contributed by atoms with Gasteiger partial charge in [0.25, 0.3) is 0 Å². The fourth-order valence-corrected chi connectivity index (χ4v) is 4.64. The van der Waals surface area contributed by atoms with E-state index in [1.807, 2.05) is 47.1 Å². The zero-order chi connectivity index (χ0) is 21.8. The molecule has 0 saturated carbocycles. The van der Waals surface area contributed by atoms with E-state index in [9.17, 15) is 4.79 Å². The normalized spacial score (nSPS) is 19.5. The van der Waals surface area contributed by atoms with Crippen LogP contribution in [0.1, 0.15) is 43.9 Å². The Labute approximate surface area is 182 Å². The van der Waals surface area contributed by atoms with Gasteiger partial charge in [-0.15, -0.1) is 5.10 Å². The molecule has 0 fully saturated rings. The number of hydrogen-bond donors (Lipinski definition) is 1. The number of aromatic nitrogens is 3. The number of carbonyl (C=O) groups excluding carboxylic acids is 1. The van der Waals surface area contributed by atoms with Crippen LogP contribution in [0.4, 0.5) is 5.95 Å². The molecule has 2 heterocycles. The second kappa shape index (κ2) is 7.08. The van der Waals surface area contributed by atoms with Crippen LogP contribution in [0.15, 0.2) is 59.8 Å². The van der Waals surface area contributed by atoms with Crippen LogP contribution in [0.3, 0.4) is 0 Å². The van der Waals surface area contributed by atoms with Crippen LogP contribution in [-0.4, -0.2) is 27.7 Å². The van der Waals surface area contributed by atoms with Crippen LogP contribution >= 0.6 is 0 Å². The number of Topliss-reactive ketones (excluding diaryl/α,β-unsaturated/α-hetero) is 1. The van der Waals surface area contributed by atoms with E-state index in [4.69, 9.17) is 14.8 Å². The summed E-state index contributed by atoms with van der Waals surface area (Å²) in [5.74, 6) is 2.27. The van der Waals surface area contributed by atoms with Crippen molar-refractivity contribution in [1.29, 1.82) is 0 Å². The smallest absolute Gasteiger partial charge is 0.226 e. The Morgan fingerprint density at radius 3 is 2.55 bits per heavy atom. The summed E-state index contributed by atoms with van der Waals surface area (Å²) in [5.41, 5.74) is 4.75. The van der Waals surface area contributed by atoms with Gasteiger partial charge in [0.2, 0.25) is 5.95 Å². The average Bonchev–Trinajstić information content (AvgIpc) is 3.15. The third-order valence-corrected chi connectivity index (χ3v) is 6.15. The first-order valence-corrected chi connectivity index (χ1v) is 10.6. The van der Waals surface area contributed by atoms with E-state index in [1.165, 1.54) is 0 Å². The zero-order valence-electron chi connectivity index (χ0n) is 18.3. The molecule has 158 valence electrons. The van der Waals surface area contributed by atoms with Crippen molar-refractivity contribution in [3.8, 4) is 17.1 Å². The van der Waals surface area contributed by atoms with E-state index in [2.05, 4.69) is 32.2 Å². The van der Waals surface area contributed by atoms with Crippen molar-refractivity contribution in [1.82, 2.24) is 14.8 Å². The number of benzene rings is 2. The number of hydrogen-bond acceptors (Lipinski definition) is 5. The number of ether oxygens (including phenoxy) is 1. The predicted molar refractivity (Wildman–Crippen MR) is 120 cm³/mol. The summed E-state index contributed by atoms with van der Waals surface area (Å²) in [6, 6.07) is 15.6. The van der Waals surface area contributed by atoms with E-state index in [0.29, 0.717) is 18.2 Å². The molecule has 1 N–H and O–H groups in total. The Balaban J connectivity index is 1.68. The van der Waals surface area contributed by atoms with Gasteiger partial charge in [-0.05, 0) is 42.0 Å². The van der Waals surface area contributed by atoms with Gasteiger partial charge in [-0.1, -0.05) is 50.2 Å². The highest BCUT2D eigenvalue weighted by molar-refractivity contribution is 6.00. The first-order valence-electron chi connectivity index (χ1n) is 10.6. The van der Waals surface area contributed by atoms with Gasteiger partial charge < -0.3 is 10.1 Å². The van der Waals surface area contributed by atoms with Crippen molar-refractivity contribution < 1.29 is 9.53 Å². The molecular formula is C25H26N4O2. The maximum absolute atomic E-state index is 13.3. The minimum atomic E-state index is -0.314. The molecule has 1 aliphatic heterocycles. The highest BCUT2D eigenvalue weighted by Crippen LogP contribution is 2.45. The van der Waals surface area contributed by atoms with Crippen LogP contribution in [0.5, 0.6) is 5.75 Å². The van der Waals surface area contributed by atoms with Crippen LogP contribution in [0, 0.1) is 12.3 Å². The zero-order valence-corrected chi connectivity index (χ0v) is 18.3. The summed E-state index contributed by atoms with van der Waals surface area (Å²) >= 11 is 0. The Bertz CT molecular complexity index is 1200. The van der Waals surface area contributed by atoms with E-state index in [0.717, 1.165) is 40.1 Å². The van der Waals surface area contributed by atoms with Gasteiger partial charge in [-0.2, -0.15) is 4.98 Å². The number of methoxy groups -OCH3 is 1. The van der Waals surface area contributed by atoms with Gasteiger partial charge in [0.15, 0.2) is 11.6 Å². The Morgan fingerprint density at radius 1 is 1.10 bits per heavy atom. The number of aryl methyl sites for hydroxylation is 1. The van der Waals surface area contributed by atoms with Crippen molar-refractivity contribution in [3.05, 3.63) is 70.9 Å². The molecule has 5 rings (SSSR count). The van der Waals surface area contributed by atoms with Crippen molar-refractivity contribution >= 4 is 11.7 Å². The quantitative estimate of drug-likeness (QED) is 0.659. The molecular weight excluding hydrogens is 388 g/mol. The highest BCUT2D eigenvalue weighted by Gasteiger charge is 2.41. The first kappa shape index (κ1) is 19.5. The predicted octanol–water partition coefficient (Wildman–Crippen LogP) is 4.92. The SMILES string of the molecule is COc1ccc([C@H]2C3=C(CC(C)(C)CC3=O)Nc3nc(-c4ccccc4C)nn32)cc1. The summed E-state index contributed by atoms with van der Waals surface area (Å²) in [4.78, 5) is 18.1. The molecule has 3 aromatic rings. The van der Waals surface area contributed by atoms with Gasteiger partial charge >= 0.3 is 0 Å². The van der Waals surface area contributed by atoms with Gasteiger partial charge in [0.1, 0.15) is 11.8 Å². The molecule has 2 aliphatic rings. The molecule has 6 nitrogen and oxygen atoms in total. The van der Waals surface area contributed by atoms with Crippen LogP contribution < -0.4 is 10.1 Å². The number of nitrogens with one attached hydrogen (secondary N) is 1. The lowest BCUT2D eigenvalue weighted by Crippen LogP contribution is -2.36. The lowest BCUT2D eigenvalue weighted by Gasteiger charge is -2.38. The molecule has 1 aliphatic carbocycles. The molecule has 0 spiro atoms. The first-order chi connectivity index (χ1) is 14.9. The van der Waals surface area contributed by atoms with Crippen molar-refractivity contribution in [2.24, 2.45) is 5.41 Å². The van der Waals surface area contributed by atoms with Crippen molar-refractivity contribution in [2.75, 3.05) is 12.4 Å². The highest BCUT2D eigenvalue weighted by atomic mass is 16.5. The largest absolute Gasteiger partial charge is 0.497 e. The minimum Gasteiger partial charge on any atom is -0.497 e. The average molecular weight is 415 g/mol. The van der Waals surface area contributed by atoms with Gasteiger partial charge in [-0.3, -0.25) is 4.79 Å². The minimum absolute atomic E-state index is 0.0889. The molecule has 0 radical (unpaired) electrons. The van der Waals surface area contributed by atoms with Gasteiger partial charge in [0.05, 0.1) is 7.11 Å². The summed E-state index contributed by atoms with van der Waals surface area (Å²) in [6.45, 7) is 6.33. The number of anilines is 1. The fraction of sp³-hybridized carbons (Fsp3) is 0.320. The number of rotatable bonds is 3. The summed E-state index contributed by atoms with van der Waals surface area (Å²) in [7, 11) is 1.65. The molecule has 6 heteroatoms. The Morgan fingerprint density at radius 2 is 1.84 bits per heavy atom. The lowest BCUT2D eigenvalue weighted by molar-refractivity contribution is -0.118. The van der Waals surface area contributed by atoms with E-state index < -0.39 is 0 Å². The summed E-state index contributed by atoms with van der Waals surface area (Å²) < 4.78 is 7.19. The second-order valence-corrected chi connectivity index (χ2v) is 9.15. The molecule has 0 bridgehead atoms. The van der Waals surface area contributed by atoms with Crippen LogP contribution in [-0.2, 0) is 4.79 Å². The topological polar surface area (TPSA) is 69.0 Å². The molecule has 0 amide bonds. The lowest BCUT2D eigenvalue weighted by atomic mass is 9.73. The Hall–Kier alpha value is -3.41. The number of nitrogens with zero attached hydrogens (tertiary/aromatic N) is 3. The van der Waals surface area contributed by atoms with Gasteiger partial charge in [-0.25, -0.2) is 4.68 Å². The fourth-order valence-electron chi connectivity index (χ4n) is 4.64. The van der Waals surface area contributed by atoms with Crippen LogP contribution in [0.2, 0.25) is 0 Å². The molecule has 31 heavy (non-hydrogen) atoms. The Kier molecular flexibility index (Phi) is 4.46. The van der Waals surface area contributed by atoms with Gasteiger partial charge in [0, 0.05) is 23.3 Å². The monoisotopic (exact) mass is 414 g/mol. The molecule has 0 saturated heterocycles. The number of ketones is 1. The maximum Gasteiger partial charge on any atom is 0.226 e. The number of allylic oxidation sites excluding steroid dienone is 2. The van der Waals surface area contributed by atoms with Crippen LogP contribution in [0.25, 0.3) is 11.4 Å². The van der Waals surface area contributed by atoms with Crippen molar-refractivity contribution in [2.45, 2.75) is 39.7 Å². The van der Waals surface area contributed by atoms with E-state index >= 15 is 0 Å². The molecule has 1 atom stereocenters. The molecule has 2 aromatic carbocycles. The third-order valence-electron chi connectivity index (χ3n) is 6.15. The number of fused-ring (bicyclic) bond motifs is 1. The van der Waals surface area contributed by atoms with Crippen molar-refractivity contribution in [3.63, 3.8) is 0 Å². The number of carbonyl (C=O) groups is 1. The second-order valence-electron chi connectivity index (χ2n) is 9.15. The maximum atomic E-state index is 13.3. The third kappa shape index (κ3) is 3.32.